The molecule has 3 nitrogen and oxygen atoms in total. The summed E-state index contributed by atoms with van der Waals surface area (Å²) in [5.41, 5.74) is 2.41. The first-order valence-corrected chi connectivity index (χ1v) is 5.93. The lowest BCUT2D eigenvalue weighted by atomic mass is 10.1. The molecule has 2 aromatic heterocycles. The van der Waals surface area contributed by atoms with Crippen LogP contribution in [0, 0.1) is 0 Å². The topological polar surface area (TPSA) is 28.0 Å². The Balaban J connectivity index is 0.00000162. The second-order valence-electron chi connectivity index (χ2n) is 3.97. The number of nitrogens with zero attached hydrogens (tertiary/aromatic N) is 2. The fourth-order valence-electron chi connectivity index (χ4n) is 1.77. The second kappa shape index (κ2) is 8.86. The molecule has 1 N–H and O–H groups in total. The molecular formula is C14H18Cl2N2O. The molecular weight excluding hydrogens is 283 g/mol. The lowest BCUT2D eigenvalue weighted by molar-refractivity contribution is -0.698. The monoisotopic (exact) mass is 300 g/mol. The summed E-state index contributed by atoms with van der Waals surface area (Å²) >= 11 is 0. The van der Waals surface area contributed by atoms with Crippen LogP contribution in [-0.4, -0.2) is 11.7 Å². The Labute approximate surface area is 126 Å². The molecule has 2 aromatic rings. The van der Waals surface area contributed by atoms with Crippen molar-refractivity contribution in [3.05, 3.63) is 49.1 Å². The molecule has 19 heavy (non-hydrogen) atoms. The third-order valence-corrected chi connectivity index (χ3v) is 2.84. The van der Waals surface area contributed by atoms with Crippen molar-refractivity contribution in [2.75, 3.05) is 6.61 Å². The van der Waals surface area contributed by atoms with Gasteiger partial charge in [0.25, 0.3) is 0 Å². The van der Waals surface area contributed by atoms with E-state index in [1.54, 1.807) is 0 Å². The Morgan fingerprint density at radius 3 is 1.63 bits per heavy atom. The molecule has 0 aromatic carbocycles. The van der Waals surface area contributed by atoms with Crippen molar-refractivity contribution in [1.29, 1.82) is 0 Å². The molecule has 0 saturated heterocycles. The van der Waals surface area contributed by atoms with E-state index in [4.69, 9.17) is 5.11 Å². The summed E-state index contributed by atoms with van der Waals surface area (Å²) in [5, 5.41) is 8.84. The van der Waals surface area contributed by atoms with Crippen LogP contribution in [0.1, 0.15) is 6.92 Å². The molecule has 0 fully saturated rings. The predicted molar refractivity (Wildman–Crippen MR) is 65.0 cm³/mol. The summed E-state index contributed by atoms with van der Waals surface area (Å²) < 4.78 is 4.11. The number of halogens is 2. The largest absolute Gasteiger partial charge is 1.00 e. The van der Waals surface area contributed by atoms with Gasteiger partial charge in [-0.1, -0.05) is 0 Å². The molecule has 2 rings (SSSR count). The van der Waals surface area contributed by atoms with Crippen LogP contribution < -0.4 is 33.9 Å². The summed E-state index contributed by atoms with van der Waals surface area (Å²) in [6.07, 6.45) is 8.16. The highest BCUT2D eigenvalue weighted by molar-refractivity contribution is 5.60. The van der Waals surface area contributed by atoms with Crippen molar-refractivity contribution in [2.24, 2.45) is 0 Å². The Morgan fingerprint density at radius 1 is 0.842 bits per heavy atom. The van der Waals surface area contributed by atoms with E-state index in [0.29, 0.717) is 6.54 Å². The van der Waals surface area contributed by atoms with Gasteiger partial charge in [-0.2, -0.15) is 0 Å². The molecule has 0 aliphatic rings. The van der Waals surface area contributed by atoms with Crippen LogP contribution in [0.5, 0.6) is 0 Å². The maximum absolute atomic E-state index is 8.84. The van der Waals surface area contributed by atoms with E-state index < -0.39 is 0 Å². The van der Waals surface area contributed by atoms with Crippen LogP contribution >= 0.6 is 0 Å². The van der Waals surface area contributed by atoms with Gasteiger partial charge in [0.05, 0.1) is 0 Å². The van der Waals surface area contributed by atoms with Gasteiger partial charge in [0.1, 0.15) is 13.2 Å². The van der Waals surface area contributed by atoms with Gasteiger partial charge in [-0.05, 0) is 18.1 Å². The van der Waals surface area contributed by atoms with Crippen molar-refractivity contribution in [2.45, 2.75) is 20.0 Å². The zero-order valence-electron chi connectivity index (χ0n) is 10.8. The summed E-state index contributed by atoms with van der Waals surface area (Å²) in [6, 6.07) is 8.38. The highest BCUT2D eigenvalue weighted by Crippen LogP contribution is 2.15. The zero-order chi connectivity index (χ0) is 12.1. The van der Waals surface area contributed by atoms with Gasteiger partial charge in [0, 0.05) is 24.3 Å². The van der Waals surface area contributed by atoms with E-state index in [2.05, 4.69) is 48.1 Å². The van der Waals surface area contributed by atoms with E-state index in [1.165, 1.54) is 11.1 Å². The zero-order valence-corrected chi connectivity index (χ0v) is 12.3. The van der Waals surface area contributed by atoms with Crippen molar-refractivity contribution in [3.63, 3.8) is 0 Å². The first-order valence-electron chi connectivity index (χ1n) is 5.93. The van der Waals surface area contributed by atoms with Crippen LogP contribution in [0.25, 0.3) is 11.1 Å². The van der Waals surface area contributed by atoms with Gasteiger partial charge >= 0.3 is 0 Å². The summed E-state index contributed by atoms with van der Waals surface area (Å²) in [5.74, 6) is 0. The van der Waals surface area contributed by atoms with E-state index in [1.807, 2.05) is 17.0 Å². The molecule has 2 heterocycles. The SMILES string of the molecule is CC[n+]1ccc(-c2cc[n+](CCO)cc2)cc1.[Cl-].[Cl-]. The number of aliphatic hydroxyl groups excluding tert-OH is 1. The number of aromatic nitrogens is 2. The van der Waals surface area contributed by atoms with Gasteiger partial charge in [0.15, 0.2) is 31.3 Å². The normalized spacial score (nSPS) is 9.37. The maximum atomic E-state index is 8.84. The summed E-state index contributed by atoms with van der Waals surface area (Å²) in [6.45, 7) is 3.93. The number of hydrogen-bond donors (Lipinski definition) is 1. The molecule has 0 atom stereocenters. The van der Waals surface area contributed by atoms with Crippen LogP contribution in [0.3, 0.4) is 0 Å². The number of pyridine rings is 2. The highest BCUT2D eigenvalue weighted by Gasteiger charge is 2.04. The maximum Gasteiger partial charge on any atom is 0.171 e. The molecule has 0 aliphatic heterocycles. The van der Waals surface area contributed by atoms with Crippen molar-refractivity contribution in [1.82, 2.24) is 0 Å². The van der Waals surface area contributed by atoms with Crippen LogP contribution in [0.15, 0.2) is 49.1 Å². The minimum atomic E-state index is 0. The van der Waals surface area contributed by atoms with Gasteiger partial charge in [-0.15, -0.1) is 0 Å². The molecule has 0 radical (unpaired) electrons. The Morgan fingerprint density at radius 2 is 1.26 bits per heavy atom. The standard InChI is InChI=1S/C14H18N2O.2ClH/c1-2-15-7-3-13(4-8-15)14-5-9-16(10-6-14)11-12-17;;/h3-10,17H,2,11-12H2,1H3;2*1H/q+2;;/p-2. The quantitative estimate of drug-likeness (QED) is 0.563. The smallest absolute Gasteiger partial charge is 0.171 e. The minimum Gasteiger partial charge on any atom is -1.00 e. The van der Waals surface area contributed by atoms with E-state index in [-0.39, 0.29) is 31.4 Å². The lowest BCUT2D eigenvalue weighted by Gasteiger charge is -2.00. The third-order valence-electron chi connectivity index (χ3n) is 2.84. The van der Waals surface area contributed by atoms with Gasteiger partial charge in [-0.25, -0.2) is 9.13 Å². The Hall–Kier alpha value is -1.16. The van der Waals surface area contributed by atoms with Gasteiger partial charge < -0.3 is 29.9 Å². The summed E-state index contributed by atoms with van der Waals surface area (Å²) in [4.78, 5) is 0. The number of aryl methyl sites for hydroxylation is 1. The molecule has 0 unspecified atom stereocenters. The predicted octanol–water partition coefficient (Wildman–Crippen LogP) is -5.05. The lowest BCUT2D eigenvalue weighted by Crippen LogP contribution is -3.00. The number of hydrogen-bond acceptors (Lipinski definition) is 1. The number of aliphatic hydroxyl groups is 1. The average molecular weight is 301 g/mol. The molecule has 5 heteroatoms. The molecule has 0 aliphatic carbocycles. The van der Waals surface area contributed by atoms with Crippen molar-refractivity contribution < 1.29 is 39.1 Å². The Kier molecular flexibility index (Phi) is 8.32. The van der Waals surface area contributed by atoms with Crippen molar-refractivity contribution in [3.8, 4) is 11.1 Å². The molecule has 0 bridgehead atoms. The average Bonchev–Trinajstić information content (AvgIpc) is 2.40. The van der Waals surface area contributed by atoms with E-state index in [9.17, 15) is 0 Å². The van der Waals surface area contributed by atoms with E-state index >= 15 is 0 Å². The van der Waals surface area contributed by atoms with Gasteiger partial charge in [-0.3, -0.25) is 0 Å². The first kappa shape index (κ1) is 17.8. The molecule has 104 valence electrons. The minimum absolute atomic E-state index is 0. The Bertz CT molecular complexity index is 472. The highest BCUT2D eigenvalue weighted by atomic mass is 35.5. The third kappa shape index (κ3) is 4.78. The van der Waals surface area contributed by atoms with Crippen LogP contribution in [0.2, 0.25) is 0 Å². The molecule has 0 spiro atoms. The van der Waals surface area contributed by atoms with Gasteiger partial charge in [0.2, 0.25) is 0 Å². The van der Waals surface area contributed by atoms with E-state index in [0.717, 1.165) is 6.54 Å². The fraction of sp³-hybridized carbons (Fsp3) is 0.286. The van der Waals surface area contributed by atoms with Crippen molar-refractivity contribution >= 4 is 0 Å². The van der Waals surface area contributed by atoms with Crippen LogP contribution in [0.4, 0.5) is 0 Å². The van der Waals surface area contributed by atoms with Crippen LogP contribution in [-0.2, 0) is 13.1 Å². The first-order chi connectivity index (χ1) is 8.33. The molecule has 0 amide bonds. The summed E-state index contributed by atoms with van der Waals surface area (Å²) in [7, 11) is 0. The second-order valence-corrected chi connectivity index (χ2v) is 3.97. The molecule has 0 saturated carbocycles. The number of rotatable bonds is 4. The fourth-order valence-corrected chi connectivity index (χ4v) is 1.77.